The van der Waals surface area contributed by atoms with Crippen molar-refractivity contribution in [1.82, 2.24) is 20.4 Å². The fourth-order valence-electron chi connectivity index (χ4n) is 2.50. The number of amides is 3. The normalized spacial score (nSPS) is 20.9. The molecular formula is C15H16N4O4. The van der Waals surface area contributed by atoms with E-state index in [0.29, 0.717) is 17.0 Å². The molecule has 3 rings (SSSR count). The molecule has 0 spiro atoms. The van der Waals surface area contributed by atoms with E-state index in [1.54, 1.807) is 44.6 Å². The number of carbonyl (C=O) groups is 2. The number of carbonyl (C=O) groups excluding carboxylic acids is 2. The molecule has 23 heavy (non-hydrogen) atoms. The van der Waals surface area contributed by atoms with E-state index in [-0.39, 0.29) is 19.1 Å². The molecule has 2 aromatic heterocycles. The number of hydrogen-bond donors (Lipinski definition) is 1. The largest absolute Gasteiger partial charge is 0.377 e. The Hall–Kier alpha value is -2.74. The molecule has 3 amide bonds. The predicted molar refractivity (Wildman–Crippen MR) is 77.9 cm³/mol. The van der Waals surface area contributed by atoms with Crippen molar-refractivity contribution in [1.29, 1.82) is 0 Å². The standard InChI is InChI=1S/C15H16N4O4/c1-15(10-4-3-5-16-7-10)13(20)19(14(21)17-15)8-11-6-12(9-22-2)23-18-11/h3-7H,8-9H2,1-2H3,(H,17,21). The molecule has 8 heteroatoms. The molecule has 1 N–H and O–H groups in total. The third kappa shape index (κ3) is 2.68. The van der Waals surface area contributed by atoms with Gasteiger partial charge in [0.25, 0.3) is 5.91 Å². The number of methoxy groups -OCH3 is 1. The smallest absolute Gasteiger partial charge is 0.325 e. The van der Waals surface area contributed by atoms with Crippen LogP contribution < -0.4 is 5.32 Å². The Bertz CT molecular complexity index is 730. The number of urea groups is 1. The highest BCUT2D eigenvalue weighted by atomic mass is 16.5. The first-order chi connectivity index (χ1) is 11.0. The van der Waals surface area contributed by atoms with Crippen molar-refractivity contribution in [2.45, 2.75) is 25.6 Å². The van der Waals surface area contributed by atoms with Gasteiger partial charge in [0.05, 0.1) is 6.54 Å². The van der Waals surface area contributed by atoms with Crippen LogP contribution in [-0.4, -0.2) is 34.1 Å². The van der Waals surface area contributed by atoms with Crippen molar-refractivity contribution in [2.24, 2.45) is 0 Å². The van der Waals surface area contributed by atoms with Crippen LogP contribution in [0.1, 0.15) is 23.9 Å². The van der Waals surface area contributed by atoms with Gasteiger partial charge in [-0.3, -0.25) is 14.7 Å². The van der Waals surface area contributed by atoms with E-state index in [2.05, 4.69) is 15.5 Å². The summed E-state index contributed by atoms with van der Waals surface area (Å²) in [7, 11) is 1.54. The molecule has 0 radical (unpaired) electrons. The highest BCUT2D eigenvalue weighted by molar-refractivity contribution is 6.07. The third-order valence-electron chi connectivity index (χ3n) is 3.73. The van der Waals surface area contributed by atoms with Crippen LogP contribution >= 0.6 is 0 Å². The Morgan fingerprint density at radius 3 is 2.96 bits per heavy atom. The molecule has 0 bridgehead atoms. The van der Waals surface area contributed by atoms with Crippen LogP contribution in [0.25, 0.3) is 0 Å². The lowest BCUT2D eigenvalue weighted by Gasteiger charge is -2.21. The first-order valence-electron chi connectivity index (χ1n) is 7.02. The SMILES string of the molecule is COCc1cc(CN2C(=O)NC(C)(c3cccnc3)C2=O)no1. The summed E-state index contributed by atoms with van der Waals surface area (Å²) in [5.74, 6) is 0.177. The summed E-state index contributed by atoms with van der Waals surface area (Å²) in [5.41, 5.74) is -0.0261. The van der Waals surface area contributed by atoms with Crippen molar-refractivity contribution in [3.63, 3.8) is 0 Å². The summed E-state index contributed by atoms with van der Waals surface area (Å²) in [4.78, 5) is 30.0. The lowest BCUT2D eigenvalue weighted by Crippen LogP contribution is -2.40. The number of nitrogens with zero attached hydrogens (tertiary/aromatic N) is 3. The molecule has 120 valence electrons. The molecule has 1 aliphatic rings. The van der Waals surface area contributed by atoms with E-state index < -0.39 is 11.6 Å². The number of rotatable bonds is 5. The second kappa shape index (κ2) is 5.81. The zero-order valence-corrected chi connectivity index (χ0v) is 12.8. The van der Waals surface area contributed by atoms with E-state index in [0.717, 1.165) is 4.90 Å². The zero-order chi connectivity index (χ0) is 16.4. The van der Waals surface area contributed by atoms with Gasteiger partial charge in [0.15, 0.2) is 5.76 Å². The van der Waals surface area contributed by atoms with Crippen LogP contribution in [0.5, 0.6) is 0 Å². The molecule has 1 unspecified atom stereocenters. The molecule has 2 aromatic rings. The van der Waals surface area contributed by atoms with Gasteiger partial charge >= 0.3 is 6.03 Å². The summed E-state index contributed by atoms with van der Waals surface area (Å²) >= 11 is 0. The minimum Gasteiger partial charge on any atom is -0.377 e. The molecule has 0 aromatic carbocycles. The van der Waals surface area contributed by atoms with Crippen molar-refractivity contribution in [3.05, 3.63) is 47.6 Å². The van der Waals surface area contributed by atoms with Crippen LogP contribution in [0.15, 0.2) is 35.1 Å². The maximum atomic E-state index is 12.7. The van der Waals surface area contributed by atoms with Gasteiger partial charge in [-0.2, -0.15) is 0 Å². The van der Waals surface area contributed by atoms with E-state index >= 15 is 0 Å². The lowest BCUT2D eigenvalue weighted by atomic mass is 9.93. The number of pyridine rings is 1. The van der Waals surface area contributed by atoms with Gasteiger partial charge in [-0.05, 0) is 13.0 Å². The highest BCUT2D eigenvalue weighted by Crippen LogP contribution is 2.29. The highest BCUT2D eigenvalue weighted by Gasteiger charge is 2.49. The summed E-state index contributed by atoms with van der Waals surface area (Å²) in [5, 5.41) is 6.56. The summed E-state index contributed by atoms with van der Waals surface area (Å²) < 4.78 is 10.0. The Morgan fingerprint density at radius 1 is 1.43 bits per heavy atom. The Kier molecular flexibility index (Phi) is 3.83. The molecule has 1 aliphatic heterocycles. The van der Waals surface area contributed by atoms with Gasteiger partial charge in [0.1, 0.15) is 17.8 Å². The van der Waals surface area contributed by atoms with Gasteiger partial charge in [0, 0.05) is 31.1 Å². The first-order valence-corrected chi connectivity index (χ1v) is 7.02. The molecule has 1 saturated heterocycles. The van der Waals surface area contributed by atoms with Gasteiger partial charge in [-0.15, -0.1) is 0 Å². The summed E-state index contributed by atoms with van der Waals surface area (Å²) in [6, 6.07) is 4.65. The number of nitrogens with one attached hydrogen (secondary N) is 1. The molecule has 1 atom stereocenters. The van der Waals surface area contributed by atoms with Gasteiger partial charge < -0.3 is 14.6 Å². The number of imide groups is 1. The van der Waals surface area contributed by atoms with Crippen LogP contribution in [-0.2, 0) is 28.2 Å². The van der Waals surface area contributed by atoms with Crippen LogP contribution in [0.4, 0.5) is 4.79 Å². The third-order valence-corrected chi connectivity index (χ3v) is 3.73. The van der Waals surface area contributed by atoms with E-state index in [4.69, 9.17) is 9.26 Å². The monoisotopic (exact) mass is 316 g/mol. The van der Waals surface area contributed by atoms with Crippen molar-refractivity contribution in [2.75, 3.05) is 7.11 Å². The van der Waals surface area contributed by atoms with E-state index in [9.17, 15) is 9.59 Å². The van der Waals surface area contributed by atoms with E-state index in [1.807, 2.05) is 0 Å². The quantitative estimate of drug-likeness (QED) is 0.832. The lowest BCUT2D eigenvalue weighted by molar-refractivity contribution is -0.131. The van der Waals surface area contributed by atoms with Gasteiger partial charge in [0.2, 0.25) is 0 Å². The van der Waals surface area contributed by atoms with Gasteiger partial charge in [-0.25, -0.2) is 4.79 Å². The zero-order valence-electron chi connectivity index (χ0n) is 12.8. The van der Waals surface area contributed by atoms with E-state index in [1.165, 1.54) is 0 Å². The maximum Gasteiger partial charge on any atom is 0.325 e. The Labute approximate surface area is 132 Å². The fourth-order valence-corrected chi connectivity index (χ4v) is 2.50. The van der Waals surface area contributed by atoms with Crippen molar-refractivity contribution >= 4 is 11.9 Å². The second-order valence-electron chi connectivity index (χ2n) is 5.41. The van der Waals surface area contributed by atoms with Crippen LogP contribution in [0.3, 0.4) is 0 Å². The summed E-state index contributed by atoms with van der Waals surface area (Å²) in [6.45, 7) is 1.97. The molecular weight excluding hydrogens is 300 g/mol. The molecule has 8 nitrogen and oxygen atoms in total. The second-order valence-corrected chi connectivity index (χ2v) is 5.41. The summed E-state index contributed by atoms with van der Waals surface area (Å²) in [6.07, 6.45) is 3.17. The van der Waals surface area contributed by atoms with Crippen LogP contribution in [0, 0.1) is 0 Å². The number of hydrogen-bond acceptors (Lipinski definition) is 6. The molecule has 0 saturated carbocycles. The number of aromatic nitrogens is 2. The molecule has 1 fully saturated rings. The molecule has 0 aliphatic carbocycles. The van der Waals surface area contributed by atoms with Gasteiger partial charge in [-0.1, -0.05) is 11.2 Å². The topological polar surface area (TPSA) is 97.6 Å². The fraction of sp³-hybridized carbons (Fsp3) is 0.333. The van der Waals surface area contributed by atoms with Crippen molar-refractivity contribution in [3.8, 4) is 0 Å². The minimum atomic E-state index is -1.13. The Balaban J connectivity index is 1.81. The Morgan fingerprint density at radius 2 is 2.26 bits per heavy atom. The number of ether oxygens (including phenoxy) is 1. The minimum absolute atomic E-state index is 0.0354. The first kappa shape index (κ1) is 15.2. The van der Waals surface area contributed by atoms with Crippen LogP contribution in [0.2, 0.25) is 0 Å². The van der Waals surface area contributed by atoms with Crippen molar-refractivity contribution < 1.29 is 18.8 Å². The predicted octanol–water partition coefficient (Wildman–Crippen LogP) is 1.18. The average Bonchev–Trinajstić information content (AvgIpc) is 3.08. The average molecular weight is 316 g/mol. The molecule has 3 heterocycles. The maximum absolute atomic E-state index is 12.7.